The summed E-state index contributed by atoms with van der Waals surface area (Å²) in [6.07, 6.45) is 7.10. The van der Waals surface area contributed by atoms with E-state index in [-0.39, 0.29) is 61.8 Å². The molecule has 0 radical (unpaired) electrons. The molecular weight excluding hydrogens is 935 g/mol. The van der Waals surface area contributed by atoms with Crippen LogP contribution in [0.3, 0.4) is 0 Å². The van der Waals surface area contributed by atoms with Crippen LogP contribution in [-0.4, -0.2) is 122 Å². The third-order valence-corrected chi connectivity index (χ3v) is 13.2. The van der Waals surface area contributed by atoms with Crippen molar-refractivity contribution in [2.75, 3.05) is 14.1 Å². The van der Waals surface area contributed by atoms with Crippen molar-refractivity contribution in [3.63, 3.8) is 0 Å². The third kappa shape index (κ3) is 15.2. The maximum Gasteiger partial charge on any atom is 0.310 e. The standard InChI is InChI=1S/C54H77N9O10/c1-14-16-20-38-47(65)59-41(29-36-30-62(54(10,11)15-2)42-21-18-17-19-37(36)42)53(71)61(13)45(26-33(7)8)51(69)58-40(27-35-22-23-46(64)43(28-35)63(72)73)48(66)55-34(9)52(70)60(12)44(25-32(5)6)50(68)57-39(24-31(3)4)49(67)56-38/h14-19,21-23,28,30-34,38-41,44-45,64H,2,20,24-27,29H2,1,3-13H3,(H,55,66)(H,56,67)(H,57,68)(H,58,69)(H,59,65)/b16-14+/t34-,38-,39-,40-,41-,44-,45-/m0/s1. The molecule has 73 heavy (non-hydrogen) atoms. The van der Waals surface area contributed by atoms with E-state index in [0.29, 0.717) is 5.56 Å². The van der Waals surface area contributed by atoms with E-state index in [0.717, 1.165) is 23.0 Å². The third-order valence-electron chi connectivity index (χ3n) is 13.2. The van der Waals surface area contributed by atoms with Crippen LogP contribution in [0.4, 0.5) is 5.69 Å². The molecule has 1 aromatic heterocycles. The number of nitro groups is 1. The summed E-state index contributed by atoms with van der Waals surface area (Å²) < 4.78 is 2.02. The number of para-hydroxylation sites is 1. The van der Waals surface area contributed by atoms with Crippen LogP contribution in [0.2, 0.25) is 0 Å². The Morgan fingerprint density at radius 2 is 1.23 bits per heavy atom. The lowest BCUT2D eigenvalue weighted by molar-refractivity contribution is -0.385. The molecule has 7 amide bonds. The first-order valence-electron chi connectivity index (χ1n) is 25.1. The second-order valence-electron chi connectivity index (χ2n) is 21.0. The first kappa shape index (κ1) is 58.5. The fraction of sp³-hybridized carbons (Fsp3) is 0.537. The fourth-order valence-electron chi connectivity index (χ4n) is 8.99. The zero-order chi connectivity index (χ0) is 54.6. The summed E-state index contributed by atoms with van der Waals surface area (Å²) >= 11 is 0. The molecule has 0 saturated carbocycles. The number of amides is 7. The highest BCUT2D eigenvalue weighted by Crippen LogP contribution is 2.31. The van der Waals surface area contributed by atoms with Crippen LogP contribution in [0.25, 0.3) is 10.9 Å². The van der Waals surface area contributed by atoms with Gasteiger partial charge in [-0.25, -0.2) is 0 Å². The Morgan fingerprint density at radius 3 is 1.79 bits per heavy atom. The predicted octanol–water partition coefficient (Wildman–Crippen LogP) is 5.18. The topological polar surface area (TPSA) is 254 Å². The highest BCUT2D eigenvalue weighted by Gasteiger charge is 2.39. The van der Waals surface area contributed by atoms with Gasteiger partial charge in [-0.2, -0.15) is 0 Å². The molecule has 2 aromatic carbocycles. The molecule has 6 N–H and O–H groups in total. The second kappa shape index (κ2) is 25.6. The molecular formula is C54H77N9O10. The van der Waals surface area contributed by atoms with E-state index in [1.807, 2.05) is 90.4 Å². The Morgan fingerprint density at radius 1 is 0.712 bits per heavy atom. The van der Waals surface area contributed by atoms with Gasteiger partial charge in [0.25, 0.3) is 0 Å². The Labute approximate surface area is 429 Å². The number of carbonyl (C=O) groups is 7. The molecule has 2 heterocycles. The first-order chi connectivity index (χ1) is 34.2. The van der Waals surface area contributed by atoms with Crippen molar-refractivity contribution in [1.29, 1.82) is 0 Å². The molecule has 1 aliphatic rings. The average Bonchev–Trinajstić information content (AvgIpc) is 3.70. The molecule has 0 spiro atoms. The van der Waals surface area contributed by atoms with Gasteiger partial charge in [0.15, 0.2) is 5.75 Å². The number of nitrogens with one attached hydrogen (secondary N) is 5. The van der Waals surface area contributed by atoms with E-state index >= 15 is 4.79 Å². The summed E-state index contributed by atoms with van der Waals surface area (Å²) in [5, 5.41) is 37.0. The molecule has 19 heteroatoms. The molecule has 1 saturated heterocycles. The molecule has 0 bridgehead atoms. The lowest BCUT2D eigenvalue weighted by atomic mass is 9.98. The molecule has 19 nitrogen and oxygen atoms in total. The van der Waals surface area contributed by atoms with Crippen LogP contribution in [0.5, 0.6) is 5.75 Å². The van der Waals surface area contributed by atoms with Crippen LogP contribution in [-0.2, 0) is 51.9 Å². The summed E-state index contributed by atoms with van der Waals surface area (Å²) in [7, 11) is 2.84. The fourth-order valence-corrected chi connectivity index (χ4v) is 8.99. The normalized spacial score (nSPS) is 22.8. The molecule has 3 aromatic rings. The van der Waals surface area contributed by atoms with Gasteiger partial charge in [-0.1, -0.05) is 84.0 Å². The highest BCUT2D eigenvalue weighted by molar-refractivity contribution is 5.99. The van der Waals surface area contributed by atoms with Gasteiger partial charge in [0.2, 0.25) is 41.4 Å². The lowest BCUT2D eigenvalue weighted by Gasteiger charge is -2.33. The van der Waals surface area contributed by atoms with Crippen molar-refractivity contribution in [3.8, 4) is 5.75 Å². The van der Waals surface area contributed by atoms with Crippen molar-refractivity contribution in [1.82, 2.24) is 41.0 Å². The van der Waals surface area contributed by atoms with Gasteiger partial charge >= 0.3 is 5.69 Å². The molecule has 7 atom stereocenters. The van der Waals surface area contributed by atoms with Gasteiger partial charge in [0.05, 0.1) is 10.5 Å². The first-order valence-corrected chi connectivity index (χ1v) is 25.1. The molecule has 1 aliphatic heterocycles. The van der Waals surface area contributed by atoms with Gasteiger partial charge in [-0.05, 0) is 94.4 Å². The minimum absolute atomic E-state index is 0.0100. The molecule has 0 aliphatic carbocycles. The predicted molar refractivity (Wildman–Crippen MR) is 280 cm³/mol. The zero-order valence-corrected chi connectivity index (χ0v) is 44.5. The van der Waals surface area contributed by atoms with Crippen molar-refractivity contribution < 1.29 is 43.6 Å². The molecule has 0 unspecified atom stereocenters. The smallest absolute Gasteiger partial charge is 0.310 e. The van der Waals surface area contributed by atoms with Crippen LogP contribution in [0.1, 0.15) is 106 Å². The van der Waals surface area contributed by atoms with E-state index in [2.05, 4.69) is 33.2 Å². The Kier molecular flexibility index (Phi) is 20.5. The number of phenolic OH excluding ortho intramolecular Hbond substituents is 1. The van der Waals surface area contributed by atoms with Gasteiger partial charge < -0.3 is 46.1 Å². The summed E-state index contributed by atoms with van der Waals surface area (Å²) in [6, 6.07) is 2.19. The number of hydrogen-bond donors (Lipinski definition) is 6. The number of aromatic nitrogens is 1. The van der Waals surface area contributed by atoms with E-state index < -0.39 is 106 Å². The number of benzene rings is 2. The Hall–Kier alpha value is -7.05. The van der Waals surface area contributed by atoms with Gasteiger partial charge in [-0.3, -0.25) is 43.7 Å². The number of hydrogen-bond acceptors (Lipinski definition) is 10. The quantitative estimate of drug-likeness (QED) is 0.0661. The van der Waals surface area contributed by atoms with E-state index in [1.165, 1.54) is 36.9 Å². The van der Waals surface area contributed by atoms with Crippen molar-refractivity contribution in [2.24, 2.45) is 17.8 Å². The summed E-state index contributed by atoms with van der Waals surface area (Å²) in [4.78, 5) is 116. The van der Waals surface area contributed by atoms with E-state index in [9.17, 15) is 44.0 Å². The van der Waals surface area contributed by atoms with Crippen LogP contribution in [0, 0.1) is 27.9 Å². The molecule has 4 rings (SSSR count). The Balaban J connectivity index is 1.97. The molecule has 398 valence electrons. The maximum absolute atomic E-state index is 15.3. The zero-order valence-electron chi connectivity index (χ0n) is 44.5. The summed E-state index contributed by atoms with van der Waals surface area (Å²) in [5.74, 6) is -6.08. The number of nitro benzene ring substituents is 1. The number of fused-ring (bicyclic) bond motifs is 1. The minimum Gasteiger partial charge on any atom is -0.502 e. The Bertz CT molecular complexity index is 2550. The van der Waals surface area contributed by atoms with Crippen LogP contribution >= 0.6 is 0 Å². The van der Waals surface area contributed by atoms with Crippen LogP contribution in [0.15, 0.2) is 73.5 Å². The highest BCUT2D eigenvalue weighted by atomic mass is 16.6. The number of nitrogens with zero attached hydrogens (tertiary/aromatic N) is 4. The number of likely N-dealkylation sites (N-methyl/N-ethyl adjacent to an activating group) is 2. The van der Waals surface area contributed by atoms with Crippen LogP contribution < -0.4 is 26.6 Å². The SMILES string of the molecule is C=CC(C)(C)n1cc(C[C@@H]2NC(=O)[C@H](C/C=C/C)NC(=O)[C@H](CC(C)C)NC(=O)[C@H](CC(C)C)N(C)C(=O)[C@H](C)NC(=O)[C@H](Cc3ccc(O)c([N+](=O)[O-])c3)NC(=O)[C@H](CC(C)C)N(C)C2=O)c2ccccc21. The molecule has 1 fully saturated rings. The monoisotopic (exact) mass is 1010 g/mol. The second-order valence-corrected chi connectivity index (χ2v) is 21.0. The van der Waals surface area contributed by atoms with Crippen molar-refractivity contribution in [2.45, 2.75) is 156 Å². The number of phenols is 1. The summed E-state index contributed by atoms with van der Waals surface area (Å²) in [6.45, 7) is 22.3. The number of carbonyl (C=O) groups excluding carboxylic acids is 7. The summed E-state index contributed by atoms with van der Waals surface area (Å²) in [5.41, 5.74) is 0.486. The van der Waals surface area contributed by atoms with Gasteiger partial charge in [-0.15, -0.1) is 6.58 Å². The number of aromatic hydroxyl groups is 1. The largest absolute Gasteiger partial charge is 0.502 e. The van der Waals surface area contributed by atoms with E-state index in [1.54, 1.807) is 25.2 Å². The minimum atomic E-state index is -1.50. The van der Waals surface area contributed by atoms with Gasteiger partial charge in [0, 0.05) is 50.1 Å². The average molecular weight is 1010 g/mol. The van der Waals surface area contributed by atoms with Crippen molar-refractivity contribution in [3.05, 3.63) is 94.7 Å². The number of rotatable bonds is 15. The lowest BCUT2D eigenvalue weighted by Crippen LogP contribution is -2.60. The van der Waals surface area contributed by atoms with E-state index in [4.69, 9.17) is 0 Å². The van der Waals surface area contributed by atoms with Crippen molar-refractivity contribution >= 4 is 57.9 Å². The van der Waals surface area contributed by atoms with Gasteiger partial charge in [0.1, 0.15) is 42.3 Å². The number of allylic oxidation sites excluding steroid dienone is 2. The maximum atomic E-state index is 15.3.